The summed E-state index contributed by atoms with van der Waals surface area (Å²) in [6.45, 7) is 1.67. The lowest BCUT2D eigenvalue weighted by Crippen LogP contribution is -2.20. The number of hydrogen-bond donors (Lipinski definition) is 0. The van der Waals surface area contributed by atoms with E-state index in [9.17, 15) is 0 Å². The molecule has 1 aliphatic rings. The van der Waals surface area contributed by atoms with Gasteiger partial charge in [0, 0.05) is 51.7 Å². The summed E-state index contributed by atoms with van der Waals surface area (Å²) in [5, 5.41) is 0. The summed E-state index contributed by atoms with van der Waals surface area (Å²) in [6, 6.07) is 16.7. The van der Waals surface area contributed by atoms with Crippen LogP contribution in [0.25, 0.3) is 17.2 Å². The van der Waals surface area contributed by atoms with E-state index in [0.29, 0.717) is 0 Å². The number of hydrogen-bond acceptors (Lipinski definition) is 3. The van der Waals surface area contributed by atoms with Gasteiger partial charge in [-0.15, -0.1) is 24.8 Å². The third-order valence-corrected chi connectivity index (χ3v) is 5.76. The number of benzodiazepines with no additional fused rings is 1. The van der Waals surface area contributed by atoms with Crippen LogP contribution in [0.2, 0.25) is 0 Å². The molecule has 0 aliphatic carbocycles. The minimum absolute atomic E-state index is 0. The molecule has 2 heterocycles. The van der Waals surface area contributed by atoms with E-state index in [2.05, 4.69) is 97.3 Å². The standard InChI is InChI=1S/C23H19Br2N3.2ClH/c1-28-12-11-27-22(21-7-6-19(25)14-23(21)28)8-5-17-15-26-10-9-20(17)16-3-2-4-18(24)13-16;;/h2-10,13-15H,11-12H2,1H3;2*1H. The molecule has 0 saturated heterocycles. The number of fused-ring (bicyclic) bond motifs is 1. The van der Waals surface area contributed by atoms with E-state index in [1.807, 2.05) is 24.5 Å². The van der Waals surface area contributed by atoms with Crippen LogP contribution >= 0.6 is 56.7 Å². The number of pyridine rings is 1. The SMILES string of the molecule is CN1CCN=C(C=Cc2cnccc2-c2cccc(Br)c2)c2ccc(Br)cc21.Cl.Cl. The summed E-state index contributed by atoms with van der Waals surface area (Å²) in [4.78, 5) is 11.4. The maximum Gasteiger partial charge on any atom is 0.0668 e. The normalized spacial score (nSPS) is 13.0. The lowest BCUT2D eigenvalue weighted by atomic mass is 10.0. The van der Waals surface area contributed by atoms with Crippen molar-refractivity contribution in [1.29, 1.82) is 0 Å². The highest BCUT2D eigenvalue weighted by Crippen LogP contribution is 2.29. The lowest BCUT2D eigenvalue weighted by molar-refractivity contribution is 0.896. The highest BCUT2D eigenvalue weighted by molar-refractivity contribution is 9.10. The molecule has 156 valence electrons. The molecule has 0 amide bonds. The Labute approximate surface area is 206 Å². The molecule has 1 aliphatic heterocycles. The van der Waals surface area contributed by atoms with Gasteiger partial charge in [-0.2, -0.15) is 0 Å². The summed E-state index contributed by atoms with van der Waals surface area (Å²) in [5.41, 5.74) is 6.70. The van der Waals surface area contributed by atoms with Crippen molar-refractivity contribution in [1.82, 2.24) is 4.98 Å². The molecular formula is C23H21Br2Cl2N3. The molecular weight excluding hydrogens is 549 g/mol. The summed E-state index contributed by atoms with van der Waals surface area (Å²) in [5.74, 6) is 0. The van der Waals surface area contributed by atoms with Crippen LogP contribution in [0.4, 0.5) is 5.69 Å². The average molecular weight is 570 g/mol. The van der Waals surface area contributed by atoms with Crippen LogP contribution in [0.15, 0.2) is 80.9 Å². The van der Waals surface area contributed by atoms with E-state index < -0.39 is 0 Å². The number of allylic oxidation sites excluding steroid dienone is 1. The second kappa shape index (κ2) is 11.1. The van der Waals surface area contributed by atoms with Crippen molar-refractivity contribution in [3.05, 3.63) is 87.1 Å². The number of benzene rings is 2. The number of anilines is 1. The number of aromatic nitrogens is 1. The summed E-state index contributed by atoms with van der Waals surface area (Å²) in [6.07, 6.45) is 7.95. The number of rotatable bonds is 3. The van der Waals surface area contributed by atoms with E-state index >= 15 is 0 Å². The van der Waals surface area contributed by atoms with Gasteiger partial charge in [0.1, 0.15) is 0 Å². The lowest BCUT2D eigenvalue weighted by Gasteiger charge is -2.19. The highest BCUT2D eigenvalue weighted by atomic mass is 79.9. The van der Waals surface area contributed by atoms with Gasteiger partial charge < -0.3 is 4.90 Å². The van der Waals surface area contributed by atoms with Gasteiger partial charge in [0.25, 0.3) is 0 Å². The van der Waals surface area contributed by atoms with Gasteiger partial charge in [-0.25, -0.2) is 0 Å². The summed E-state index contributed by atoms with van der Waals surface area (Å²) in [7, 11) is 2.11. The van der Waals surface area contributed by atoms with Crippen LogP contribution in [0, 0.1) is 0 Å². The first kappa shape index (κ1) is 24.6. The van der Waals surface area contributed by atoms with Gasteiger partial charge in [-0.3, -0.25) is 9.98 Å². The van der Waals surface area contributed by atoms with Crippen LogP contribution in [0.1, 0.15) is 11.1 Å². The predicted octanol–water partition coefficient (Wildman–Crippen LogP) is 7.07. The minimum atomic E-state index is 0. The fourth-order valence-electron chi connectivity index (χ4n) is 3.33. The highest BCUT2D eigenvalue weighted by Gasteiger charge is 2.15. The smallest absolute Gasteiger partial charge is 0.0668 e. The molecule has 1 aromatic heterocycles. The molecule has 0 spiro atoms. The van der Waals surface area contributed by atoms with Crippen molar-refractivity contribution in [2.75, 3.05) is 25.0 Å². The van der Waals surface area contributed by atoms with Crippen LogP contribution < -0.4 is 4.90 Å². The molecule has 0 fully saturated rings. The third kappa shape index (κ3) is 5.52. The van der Waals surface area contributed by atoms with Crippen molar-refractivity contribution in [2.24, 2.45) is 4.99 Å². The van der Waals surface area contributed by atoms with Crippen molar-refractivity contribution in [3.8, 4) is 11.1 Å². The molecule has 0 bridgehead atoms. The van der Waals surface area contributed by atoms with Gasteiger partial charge in [-0.1, -0.05) is 50.1 Å². The van der Waals surface area contributed by atoms with Crippen molar-refractivity contribution < 1.29 is 0 Å². The van der Waals surface area contributed by atoms with Gasteiger partial charge in [0.2, 0.25) is 0 Å². The van der Waals surface area contributed by atoms with E-state index in [-0.39, 0.29) is 24.8 Å². The molecule has 3 nitrogen and oxygen atoms in total. The van der Waals surface area contributed by atoms with Gasteiger partial charge >= 0.3 is 0 Å². The maximum absolute atomic E-state index is 4.82. The fourth-order valence-corrected chi connectivity index (χ4v) is 4.08. The van der Waals surface area contributed by atoms with Crippen molar-refractivity contribution in [2.45, 2.75) is 0 Å². The zero-order chi connectivity index (χ0) is 19.5. The largest absolute Gasteiger partial charge is 0.372 e. The molecule has 0 atom stereocenters. The zero-order valence-electron chi connectivity index (χ0n) is 16.3. The van der Waals surface area contributed by atoms with Crippen molar-refractivity contribution >= 4 is 74.1 Å². The van der Waals surface area contributed by atoms with Crippen LogP contribution in [0.3, 0.4) is 0 Å². The Morgan fingerprint density at radius 3 is 2.53 bits per heavy atom. The first-order chi connectivity index (χ1) is 13.6. The minimum Gasteiger partial charge on any atom is -0.372 e. The molecule has 7 heteroatoms. The second-order valence-electron chi connectivity index (χ2n) is 6.66. The zero-order valence-corrected chi connectivity index (χ0v) is 21.1. The van der Waals surface area contributed by atoms with E-state index in [4.69, 9.17) is 4.99 Å². The average Bonchev–Trinajstić information content (AvgIpc) is 2.85. The topological polar surface area (TPSA) is 28.5 Å². The van der Waals surface area contributed by atoms with E-state index in [1.54, 1.807) is 0 Å². The molecule has 4 rings (SSSR count). The van der Waals surface area contributed by atoms with Crippen LogP contribution in [-0.2, 0) is 0 Å². The van der Waals surface area contributed by atoms with Gasteiger partial charge in [0.15, 0.2) is 0 Å². The van der Waals surface area contributed by atoms with E-state index in [0.717, 1.165) is 50.0 Å². The maximum atomic E-state index is 4.82. The predicted molar refractivity (Wildman–Crippen MR) is 140 cm³/mol. The monoisotopic (exact) mass is 567 g/mol. The number of nitrogens with zero attached hydrogens (tertiary/aromatic N) is 3. The van der Waals surface area contributed by atoms with E-state index in [1.165, 1.54) is 5.69 Å². The Balaban J connectivity index is 0.00000160. The number of likely N-dealkylation sites (N-methyl/N-ethyl adjacent to an activating group) is 1. The third-order valence-electron chi connectivity index (χ3n) is 4.77. The molecule has 3 aromatic rings. The number of aliphatic imine (C=N–C) groups is 1. The Morgan fingerprint density at radius 2 is 1.73 bits per heavy atom. The molecule has 0 saturated carbocycles. The van der Waals surface area contributed by atoms with Crippen LogP contribution in [0.5, 0.6) is 0 Å². The van der Waals surface area contributed by atoms with Crippen molar-refractivity contribution in [3.63, 3.8) is 0 Å². The summed E-state index contributed by atoms with van der Waals surface area (Å²) < 4.78 is 2.14. The fraction of sp³-hybridized carbons (Fsp3) is 0.130. The first-order valence-electron chi connectivity index (χ1n) is 9.05. The van der Waals surface area contributed by atoms with Gasteiger partial charge in [-0.05, 0) is 53.6 Å². The Kier molecular flexibility index (Phi) is 9.10. The molecule has 0 unspecified atom stereocenters. The molecule has 2 aromatic carbocycles. The first-order valence-corrected chi connectivity index (χ1v) is 10.6. The quantitative estimate of drug-likeness (QED) is 0.337. The number of halogens is 4. The van der Waals surface area contributed by atoms with Gasteiger partial charge in [0.05, 0.1) is 12.3 Å². The second-order valence-corrected chi connectivity index (χ2v) is 8.49. The summed E-state index contributed by atoms with van der Waals surface area (Å²) >= 11 is 7.15. The molecule has 0 N–H and O–H groups in total. The molecule has 30 heavy (non-hydrogen) atoms. The Bertz CT molecular complexity index is 1080. The Hall–Kier alpha value is -1.66. The molecule has 0 radical (unpaired) electrons. The Morgan fingerprint density at radius 1 is 0.933 bits per heavy atom. The van der Waals surface area contributed by atoms with Crippen LogP contribution in [-0.4, -0.2) is 30.8 Å².